The minimum atomic E-state index is -1.57. The molecule has 0 amide bonds. The molecule has 0 N–H and O–H groups in total. The molecule has 6 heteroatoms. The Morgan fingerprint density at radius 2 is 1.54 bits per heavy atom. The van der Waals surface area contributed by atoms with Gasteiger partial charge in [0.1, 0.15) is 0 Å². The van der Waals surface area contributed by atoms with Crippen molar-refractivity contribution in [1.82, 2.24) is 0 Å². The number of rotatable bonds is 3. The Kier molecular flexibility index (Phi) is 13.2. The molecular formula is C7H6Na2O4. The van der Waals surface area contributed by atoms with Crippen LogP contribution in [0.25, 0.3) is 0 Å². The molecule has 0 heterocycles. The SMILES string of the molecule is C=C/C(C(=O)[O-])=C(\C)C(=O)[O-].[Na+].[Na+]. The van der Waals surface area contributed by atoms with Crippen molar-refractivity contribution in [2.75, 3.05) is 0 Å². The maximum Gasteiger partial charge on any atom is 1.00 e. The van der Waals surface area contributed by atoms with Gasteiger partial charge in [0.25, 0.3) is 0 Å². The fourth-order valence-electron chi connectivity index (χ4n) is 0.499. The van der Waals surface area contributed by atoms with E-state index in [1.54, 1.807) is 0 Å². The Labute approximate surface area is 120 Å². The van der Waals surface area contributed by atoms with Crippen LogP contribution in [0.15, 0.2) is 23.8 Å². The first-order valence-corrected chi connectivity index (χ1v) is 2.76. The number of carboxylic acids is 2. The van der Waals surface area contributed by atoms with Crippen molar-refractivity contribution in [3.05, 3.63) is 23.8 Å². The third-order valence-corrected chi connectivity index (χ3v) is 1.13. The van der Waals surface area contributed by atoms with Crippen molar-refractivity contribution in [3.63, 3.8) is 0 Å². The number of carboxylic acid groups (broad SMARTS) is 2. The first-order chi connectivity index (χ1) is 5.00. The minimum absolute atomic E-state index is 0. The molecule has 0 spiro atoms. The van der Waals surface area contributed by atoms with Crippen molar-refractivity contribution in [3.8, 4) is 0 Å². The molecule has 13 heavy (non-hydrogen) atoms. The van der Waals surface area contributed by atoms with Gasteiger partial charge in [-0.05, 0) is 12.5 Å². The topological polar surface area (TPSA) is 80.3 Å². The van der Waals surface area contributed by atoms with E-state index < -0.39 is 17.5 Å². The van der Waals surface area contributed by atoms with Gasteiger partial charge in [0.15, 0.2) is 0 Å². The Balaban J connectivity index is -0.000000500. The zero-order chi connectivity index (χ0) is 9.02. The van der Waals surface area contributed by atoms with E-state index in [1.807, 2.05) is 0 Å². The molecular weight excluding hydrogens is 194 g/mol. The van der Waals surface area contributed by atoms with Crippen LogP contribution >= 0.6 is 0 Å². The predicted molar refractivity (Wildman–Crippen MR) is 32.9 cm³/mol. The third kappa shape index (κ3) is 6.49. The summed E-state index contributed by atoms with van der Waals surface area (Å²) in [6.45, 7) is 4.23. The van der Waals surface area contributed by atoms with Crippen LogP contribution in [0, 0.1) is 0 Å². The summed E-state index contributed by atoms with van der Waals surface area (Å²) < 4.78 is 0. The van der Waals surface area contributed by atoms with Crippen molar-refractivity contribution < 1.29 is 78.9 Å². The molecule has 0 aliphatic carbocycles. The van der Waals surface area contributed by atoms with E-state index in [0.29, 0.717) is 0 Å². The monoisotopic (exact) mass is 200 g/mol. The summed E-state index contributed by atoms with van der Waals surface area (Å²) >= 11 is 0. The molecule has 0 rings (SSSR count). The average molecular weight is 200 g/mol. The van der Waals surface area contributed by atoms with Gasteiger partial charge < -0.3 is 19.8 Å². The molecule has 0 saturated carbocycles. The van der Waals surface area contributed by atoms with E-state index in [4.69, 9.17) is 0 Å². The van der Waals surface area contributed by atoms with Crippen LogP contribution in [-0.2, 0) is 9.59 Å². The Hall–Kier alpha value is 0.420. The predicted octanol–water partition coefficient (Wildman–Crippen LogP) is -8.00. The maximum atomic E-state index is 10.1. The van der Waals surface area contributed by atoms with Gasteiger partial charge in [-0.25, -0.2) is 0 Å². The fraction of sp³-hybridized carbons (Fsp3) is 0.143. The molecule has 0 atom stereocenters. The summed E-state index contributed by atoms with van der Waals surface area (Å²) in [5.74, 6) is -3.11. The quantitative estimate of drug-likeness (QED) is 0.257. The molecule has 0 bridgehead atoms. The van der Waals surface area contributed by atoms with E-state index >= 15 is 0 Å². The van der Waals surface area contributed by atoms with Gasteiger partial charge in [-0.2, -0.15) is 0 Å². The molecule has 4 nitrogen and oxygen atoms in total. The maximum absolute atomic E-state index is 10.1. The van der Waals surface area contributed by atoms with E-state index in [1.165, 1.54) is 0 Å². The molecule has 0 unspecified atom stereocenters. The summed E-state index contributed by atoms with van der Waals surface area (Å²) in [5, 5.41) is 20.2. The van der Waals surface area contributed by atoms with Crippen LogP contribution in [0.5, 0.6) is 0 Å². The van der Waals surface area contributed by atoms with E-state index in [9.17, 15) is 19.8 Å². The summed E-state index contributed by atoms with van der Waals surface area (Å²) in [6.07, 6.45) is 0.903. The van der Waals surface area contributed by atoms with Gasteiger partial charge in [-0.3, -0.25) is 0 Å². The number of aliphatic carboxylic acids is 2. The van der Waals surface area contributed by atoms with Crippen LogP contribution in [-0.4, -0.2) is 11.9 Å². The molecule has 0 aliphatic heterocycles. The molecule has 0 fully saturated rings. The summed E-state index contributed by atoms with van der Waals surface area (Å²) in [6, 6.07) is 0. The van der Waals surface area contributed by atoms with Crippen molar-refractivity contribution >= 4 is 11.9 Å². The molecule has 60 valence electrons. The first-order valence-electron chi connectivity index (χ1n) is 2.76. The summed E-state index contributed by atoms with van der Waals surface area (Å²) in [5.41, 5.74) is -0.843. The van der Waals surface area contributed by atoms with Crippen LogP contribution in [0.1, 0.15) is 6.92 Å². The van der Waals surface area contributed by atoms with Crippen LogP contribution in [0.2, 0.25) is 0 Å². The second-order valence-corrected chi connectivity index (χ2v) is 1.82. The number of hydrogen-bond donors (Lipinski definition) is 0. The third-order valence-electron chi connectivity index (χ3n) is 1.13. The second kappa shape index (κ2) is 8.99. The molecule has 0 aliphatic rings. The Morgan fingerprint density at radius 3 is 1.62 bits per heavy atom. The second-order valence-electron chi connectivity index (χ2n) is 1.82. The van der Waals surface area contributed by atoms with Gasteiger partial charge in [0.05, 0.1) is 11.9 Å². The number of hydrogen-bond acceptors (Lipinski definition) is 4. The van der Waals surface area contributed by atoms with Crippen LogP contribution in [0.3, 0.4) is 0 Å². The zero-order valence-electron chi connectivity index (χ0n) is 7.92. The van der Waals surface area contributed by atoms with Crippen molar-refractivity contribution in [2.45, 2.75) is 6.92 Å². The largest absolute Gasteiger partial charge is 1.00 e. The summed E-state index contributed by atoms with van der Waals surface area (Å²) in [7, 11) is 0. The molecule has 0 aromatic heterocycles. The van der Waals surface area contributed by atoms with E-state index in [0.717, 1.165) is 13.0 Å². The van der Waals surface area contributed by atoms with Crippen LogP contribution in [0.4, 0.5) is 0 Å². The van der Waals surface area contributed by atoms with Gasteiger partial charge in [0.2, 0.25) is 0 Å². The molecule has 0 radical (unpaired) electrons. The zero-order valence-corrected chi connectivity index (χ0v) is 11.9. The van der Waals surface area contributed by atoms with Gasteiger partial charge in [0, 0.05) is 5.57 Å². The van der Waals surface area contributed by atoms with E-state index in [2.05, 4.69) is 6.58 Å². The van der Waals surface area contributed by atoms with Crippen LogP contribution < -0.4 is 69.3 Å². The molecule has 0 saturated heterocycles. The summed E-state index contributed by atoms with van der Waals surface area (Å²) in [4.78, 5) is 20.2. The Morgan fingerprint density at radius 1 is 1.15 bits per heavy atom. The normalized spacial score (nSPS) is 9.92. The average Bonchev–Trinajstić information content (AvgIpc) is 1.88. The van der Waals surface area contributed by atoms with Crippen molar-refractivity contribution in [2.24, 2.45) is 0 Å². The van der Waals surface area contributed by atoms with Gasteiger partial charge in [-0.15, -0.1) is 0 Å². The van der Waals surface area contributed by atoms with Crippen molar-refractivity contribution in [1.29, 1.82) is 0 Å². The smallest absolute Gasteiger partial charge is 0.545 e. The number of carbonyl (C=O) groups is 2. The van der Waals surface area contributed by atoms with Gasteiger partial charge in [-0.1, -0.05) is 12.7 Å². The fourth-order valence-corrected chi connectivity index (χ4v) is 0.499. The minimum Gasteiger partial charge on any atom is -0.545 e. The van der Waals surface area contributed by atoms with Gasteiger partial charge >= 0.3 is 59.1 Å². The molecule has 0 aromatic rings. The van der Waals surface area contributed by atoms with E-state index in [-0.39, 0.29) is 64.7 Å². The Bertz CT molecular complexity index is 245. The standard InChI is InChI=1S/C7H8O4.2Na/c1-3-5(7(10)11)4(2)6(8)9;;/h3H,1H2,2H3,(H,8,9)(H,10,11);;/q;2*+1/p-2/b5-4-;;. The number of carbonyl (C=O) groups excluding carboxylic acids is 2. The first kappa shape index (κ1) is 19.1. The molecule has 0 aromatic carbocycles.